The molecule has 4 heteroatoms. The quantitative estimate of drug-likeness (QED) is 0.752. The molecule has 0 aliphatic carbocycles. The van der Waals surface area contributed by atoms with Crippen LogP contribution in [0.15, 0.2) is 24.3 Å². The van der Waals surface area contributed by atoms with E-state index in [4.69, 9.17) is 4.74 Å². The number of carbonyl (C=O) groups excluding carboxylic acids is 1. The molecule has 1 aliphatic heterocycles. The highest BCUT2D eigenvalue weighted by atomic mass is 79.9. The van der Waals surface area contributed by atoms with E-state index in [1.165, 1.54) is 0 Å². The van der Waals surface area contributed by atoms with Crippen molar-refractivity contribution in [2.24, 2.45) is 0 Å². The zero-order valence-electron chi connectivity index (χ0n) is 11.3. The summed E-state index contributed by atoms with van der Waals surface area (Å²) in [5.74, 6) is 0.972. The number of para-hydroxylation sites is 1. The van der Waals surface area contributed by atoms with E-state index in [0.29, 0.717) is 6.42 Å². The second kappa shape index (κ2) is 6.94. The first kappa shape index (κ1) is 14.4. The van der Waals surface area contributed by atoms with Crippen molar-refractivity contribution in [2.45, 2.75) is 32.3 Å². The summed E-state index contributed by atoms with van der Waals surface area (Å²) in [6, 6.07) is 7.90. The Labute approximate surface area is 123 Å². The monoisotopic (exact) mass is 325 g/mol. The van der Waals surface area contributed by atoms with Crippen LogP contribution in [0.2, 0.25) is 0 Å². The number of unbranched alkanes of at least 4 members (excludes halogenated alkanes) is 1. The van der Waals surface area contributed by atoms with Gasteiger partial charge in [-0.05, 0) is 18.1 Å². The predicted molar refractivity (Wildman–Crippen MR) is 79.8 cm³/mol. The maximum absolute atomic E-state index is 12.5. The Balaban J connectivity index is 1.99. The van der Waals surface area contributed by atoms with E-state index in [2.05, 4.69) is 22.9 Å². The maximum Gasteiger partial charge on any atom is 0.264 e. The van der Waals surface area contributed by atoms with Gasteiger partial charge in [-0.25, -0.2) is 0 Å². The van der Waals surface area contributed by atoms with Gasteiger partial charge in [-0.1, -0.05) is 47.5 Å². The highest BCUT2D eigenvalue weighted by molar-refractivity contribution is 9.09. The molecule has 0 radical (unpaired) electrons. The molecule has 1 unspecified atom stereocenters. The van der Waals surface area contributed by atoms with Gasteiger partial charge in [0, 0.05) is 24.8 Å². The van der Waals surface area contributed by atoms with E-state index in [-0.39, 0.29) is 12.0 Å². The van der Waals surface area contributed by atoms with Gasteiger partial charge in [0.1, 0.15) is 5.75 Å². The summed E-state index contributed by atoms with van der Waals surface area (Å²) in [6.45, 7) is 3.70. The molecule has 0 N–H and O–H groups in total. The van der Waals surface area contributed by atoms with E-state index in [0.717, 1.165) is 42.6 Å². The molecule has 19 heavy (non-hydrogen) atoms. The Kier molecular flexibility index (Phi) is 5.25. The summed E-state index contributed by atoms with van der Waals surface area (Å²) in [4.78, 5) is 14.4. The largest absolute Gasteiger partial charge is 0.480 e. The Morgan fingerprint density at radius 3 is 2.89 bits per heavy atom. The number of halogens is 1. The van der Waals surface area contributed by atoms with Crippen LogP contribution >= 0.6 is 15.9 Å². The lowest BCUT2D eigenvalue weighted by Crippen LogP contribution is -2.42. The molecule has 0 saturated heterocycles. The van der Waals surface area contributed by atoms with Gasteiger partial charge < -0.3 is 9.64 Å². The van der Waals surface area contributed by atoms with Crippen molar-refractivity contribution in [2.75, 3.05) is 18.4 Å². The van der Waals surface area contributed by atoms with Crippen molar-refractivity contribution < 1.29 is 9.53 Å². The fourth-order valence-corrected chi connectivity index (χ4v) is 2.73. The molecule has 3 nitrogen and oxygen atoms in total. The third-order valence-corrected chi connectivity index (χ3v) is 3.72. The number of carbonyl (C=O) groups is 1. The lowest BCUT2D eigenvalue weighted by Gasteiger charge is -2.24. The standard InChI is InChI=1S/C15H20BrNO2/c1-2-3-9-17(10-8-16)15(18)14-11-12-6-4-5-7-13(12)19-14/h4-7,14H,2-3,8-11H2,1H3. The summed E-state index contributed by atoms with van der Waals surface area (Å²) in [5, 5.41) is 0.808. The molecule has 2 rings (SSSR count). The normalized spacial score (nSPS) is 16.8. The second-order valence-electron chi connectivity index (χ2n) is 4.79. The van der Waals surface area contributed by atoms with Gasteiger partial charge in [-0.15, -0.1) is 0 Å². The Morgan fingerprint density at radius 1 is 1.42 bits per heavy atom. The Bertz CT molecular complexity index is 411. The zero-order chi connectivity index (χ0) is 13.7. The molecule has 0 aromatic heterocycles. The van der Waals surface area contributed by atoms with E-state index in [9.17, 15) is 4.79 Å². The van der Waals surface area contributed by atoms with Gasteiger partial charge in [-0.2, -0.15) is 0 Å². The molecule has 0 bridgehead atoms. The van der Waals surface area contributed by atoms with Crippen LogP contribution in [0, 0.1) is 0 Å². The number of fused-ring (bicyclic) bond motifs is 1. The van der Waals surface area contributed by atoms with Gasteiger partial charge >= 0.3 is 0 Å². The van der Waals surface area contributed by atoms with Crippen LogP contribution in [0.5, 0.6) is 5.75 Å². The molecular weight excluding hydrogens is 306 g/mol. The lowest BCUT2D eigenvalue weighted by molar-refractivity contribution is -0.137. The SMILES string of the molecule is CCCCN(CCBr)C(=O)C1Cc2ccccc2O1. The van der Waals surface area contributed by atoms with Crippen LogP contribution in [0.1, 0.15) is 25.3 Å². The number of hydrogen-bond acceptors (Lipinski definition) is 2. The molecule has 1 aliphatic rings. The summed E-state index contributed by atoms with van der Waals surface area (Å²) in [5.41, 5.74) is 1.13. The first-order valence-corrected chi connectivity index (χ1v) is 7.97. The number of alkyl halides is 1. The van der Waals surface area contributed by atoms with E-state index in [1.807, 2.05) is 29.2 Å². The minimum atomic E-state index is -0.340. The Morgan fingerprint density at radius 2 is 2.21 bits per heavy atom. The number of nitrogens with zero attached hydrogens (tertiary/aromatic N) is 1. The number of benzene rings is 1. The van der Waals surface area contributed by atoms with Crippen LogP contribution in [0.4, 0.5) is 0 Å². The third-order valence-electron chi connectivity index (χ3n) is 3.37. The molecule has 104 valence electrons. The highest BCUT2D eigenvalue weighted by Gasteiger charge is 2.31. The topological polar surface area (TPSA) is 29.5 Å². The number of rotatable bonds is 6. The summed E-state index contributed by atoms with van der Waals surface area (Å²) < 4.78 is 5.77. The molecule has 1 heterocycles. The van der Waals surface area contributed by atoms with Crippen molar-refractivity contribution in [3.05, 3.63) is 29.8 Å². The number of amides is 1. The smallest absolute Gasteiger partial charge is 0.264 e. The van der Waals surface area contributed by atoms with E-state index in [1.54, 1.807) is 0 Å². The van der Waals surface area contributed by atoms with Crippen molar-refractivity contribution in [1.82, 2.24) is 4.90 Å². The molecule has 1 amide bonds. The first-order valence-electron chi connectivity index (χ1n) is 6.85. The van der Waals surface area contributed by atoms with Crippen LogP contribution in [-0.4, -0.2) is 35.3 Å². The fourth-order valence-electron chi connectivity index (χ4n) is 2.31. The van der Waals surface area contributed by atoms with Crippen molar-refractivity contribution in [1.29, 1.82) is 0 Å². The van der Waals surface area contributed by atoms with Gasteiger partial charge in [0.25, 0.3) is 5.91 Å². The molecule has 0 fully saturated rings. The third kappa shape index (κ3) is 3.50. The van der Waals surface area contributed by atoms with Gasteiger partial charge in [0.2, 0.25) is 0 Å². The lowest BCUT2D eigenvalue weighted by atomic mass is 10.1. The van der Waals surface area contributed by atoms with Gasteiger partial charge in [-0.3, -0.25) is 4.79 Å². The van der Waals surface area contributed by atoms with Gasteiger partial charge in [0.15, 0.2) is 6.10 Å². The van der Waals surface area contributed by atoms with Crippen LogP contribution in [0.25, 0.3) is 0 Å². The second-order valence-corrected chi connectivity index (χ2v) is 5.58. The van der Waals surface area contributed by atoms with Crippen molar-refractivity contribution >= 4 is 21.8 Å². The predicted octanol–water partition coefficient (Wildman–Crippen LogP) is 3.01. The van der Waals surface area contributed by atoms with Crippen LogP contribution in [-0.2, 0) is 11.2 Å². The molecular formula is C15H20BrNO2. The van der Waals surface area contributed by atoms with E-state index < -0.39 is 0 Å². The molecule has 0 saturated carbocycles. The minimum absolute atomic E-state index is 0.115. The van der Waals surface area contributed by atoms with Crippen LogP contribution < -0.4 is 4.74 Å². The van der Waals surface area contributed by atoms with Gasteiger partial charge in [0.05, 0.1) is 0 Å². The molecule has 1 aromatic rings. The first-order chi connectivity index (χ1) is 9.26. The summed E-state index contributed by atoms with van der Waals surface area (Å²) in [6.07, 6.45) is 2.49. The Hall–Kier alpha value is -1.03. The van der Waals surface area contributed by atoms with Crippen molar-refractivity contribution in [3.63, 3.8) is 0 Å². The maximum atomic E-state index is 12.5. The van der Waals surface area contributed by atoms with E-state index >= 15 is 0 Å². The highest BCUT2D eigenvalue weighted by Crippen LogP contribution is 2.28. The fraction of sp³-hybridized carbons (Fsp3) is 0.533. The number of hydrogen-bond donors (Lipinski definition) is 0. The van der Waals surface area contributed by atoms with Crippen molar-refractivity contribution in [3.8, 4) is 5.75 Å². The summed E-state index contributed by atoms with van der Waals surface area (Å²) in [7, 11) is 0. The summed E-state index contributed by atoms with van der Waals surface area (Å²) >= 11 is 3.41. The molecule has 1 atom stereocenters. The molecule has 1 aromatic carbocycles. The minimum Gasteiger partial charge on any atom is -0.480 e. The number of ether oxygens (including phenoxy) is 1. The average Bonchev–Trinajstić information content (AvgIpc) is 2.86. The zero-order valence-corrected chi connectivity index (χ0v) is 12.9. The average molecular weight is 326 g/mol. The van der Waals surface area contributed by atoms with Crippen LogP contribution in [0.3, 0.4) is 0 Å². The molecule has 0 spiro atoms.